The van der Waals surface area contributed by atoms with E-state index in [-0.39, 0.29) is 24.9 Å². The molecule has 0 heterocycles. The molecule has 1 saturated carbocycles. The number of benzene rings is 1. The number of nitro benzene ring substituents is 1. The molecule has 0 saturated heterocycles. The van der Waals surface area contributed by atoms with Crippen molar-refractivity contribution >= 4 is 21.4 Å². The molecular formula is C12H17N3O5S. The smallest absolute Gasteiger partial charge is 0.312 e. The van der Waals surface area contributed by atoms with Gasteiger partial charge in [0.05, 0.1) is 11.5 Å². The van der Waals surface area contributed by atoms with E-state index in [1.165, 1.54) is 18.2 Å². The van der Waals surface area contributed by atoms with Crippen molar-refractivity contribution in [2.24, 2.45) is 0 Å². The molecule has 0 bridgehead atoms. The second-order valence-electron chi connectivity index (χ2n) is 4.88. The molecule has 0 atom stereocenters. The number of sulfonamides is 1. The Balaban J connectivity index is 2.52. The van der Waals surface area contributed by atoms with Crippen LogP contribution in [0.25, 0.3) is 0 Å². The van der Waals surface area contributed by atoms with Gasteiger partial charge in [-0.15, -0.1) is 0 Å². The molecule has 8 nitrogen and oxygen atoms in total. The van der Waals surface area contributed by atoms with Crippen LogP contribution in [0.15, 0.2) is 23.1 Å². The van der Waals surface area contributed by atoms with Gasteiger partial charge < -0.3 is 10.8 Å². The van der Waals surface area contributed by atoms with Gasteiger partial charge in [-0.05, 0) is 25.0 Å². The highest BCUT2D eigenvalue weighted by molar-refractivity contribution is 7.89. The van der Waals surface area contributed by atoms with Crippen LogP contribution in [0, 0.1) is 10.1 Å². The third-order valence-corrected chi connectivity index (χ3v) is 5.59. The van der Waals surface area contributed by atoms with Crippen LogP contribution in [0.4, 0.5) is 11.4 Å². The molecule has 3 N–H and O–H groups in total. The second-order valence-corrected chi connectivity index (χ2v) is 6.73. The Bertz CT molecular complexity index is 642. The SMILES string of the molecule is Nc1cccc(S(=O)(=O)N(CCO)C2CCC2)c1[N+](=O)[O-]. The van der Waals surface area contributed by atoms with Gasteiger partial charge in [-0.25, -0.2) is 8.42 Å². The maximum atomic E-state index is 12.7. The largest absolute Gasteiger partial charge is 0.395 e. The minimum Gasteiger partial charge on any atom is -0.395 e. The van der Waals surface area contributed by atoms with E-state index in [1.54, 1.807) is 0 Å². The van der Waals surface area contributed by atoms with Crippen LogP contribution in [0.3, 0.4) is 0 Å². The van der Waals surface area contributed by atoms with E-state index in [4.69, 9.17) is 10.8 Å². The van der Waals surface area contributed by atoms with Crippen LogP contribution in [0.2, 0.25) is 0 Å². The number of nitrogen functional groups attached to an aromatic ring is 1. The van der Waals surface area contributed by atoms with Crippen LogP contribution in [0.5, 0.6) is 0 Å². The Morgan fingerprint density at radius 3 is 2.57 bits per heavy atom. The molecule has 0 aliphatic heterocycles. The van der Waals surface area contributed by atoms with Gasteiger partial charge in [-0.3, -0.25) is 10.1 Å². The van der Waals surface area contributed by atoms with E-state index in [2.05, 4.69) is 0 Å². The standard InChI is InChI=1S/C12H17N3O5S/c13-10-5-2-6-11(12(10)15(17)18)21(19,20)14(7-8-16)9-3-1-4-9/h2,5-6,9,16H,1,3-4,7-8,13H2. The number of nitrogens with zero attached hydrogens (tertiary/aromatic N) is 2. The van der Waals surface area contributed by atoms with Gasteiger partial charge in [-0.1, -0.05) is 12.5 Å². The molecule has 1 aliphatic carbocycles. The van der Waals surface area contributed by atoms with E-state index in [0.29, 0.717) is 12.8 Å². The maximum Gasteiger partial charge on any atom is 0.312 e. The average molecular weight is 315 g/mol. The second kappa shape index (κ2) is 5.96. The molecule has 116 valence electrons. The van der Waals surface area contributed by atoms with Gasteiger partial charge in [0.15, 0.2) is 4.90 Å². The summed E-state index contributed by atoms with van der Waals surface area (Å²) in [6.07, 6.45) is 2.28. The molecule has 1 aromatic carbocycles. The molecule has 0 spiro atoms. The van der Waals surface area contributed by atoms with Crippen molar-refractivity contribution < 1.29 is 18.4 Å². The molecule has 21 heavy (non-hydrogen) atoms. The zero-order valence-corrected chi connectivity index (χ0v) is 12.1. The van der Waals surface area contributed by atoms with Crippen LogP contribution in [-0.2, 0) is 10.0 Å². The topological polar surface area (TPSA) is 127 Å². The number of hydrogen-bond donors (Lipinski definition) is 2. The minimum absolute atomic E-state index is 0.0844. The number of anilines is 1. The number of nitro groups is 1. The zero-order valence-electron chi connectivity index (χ0n) is 11.3. The Morgan fingerprint density at radius 2 is 2.10 bits per heavy atom. The fraction of sp³-hybridized carbons (Fsp3) is 0.500. The molecule has 2 rings (SSSR count). The monoisotopic (exact) mass is 315 g/mol. The summed E-state index contributed by atoms with van der Waals surface area (Å²) in [4.78, 5) is 9.90. The van der Waals surface area contributed by atoms with Gasteiger partial charge >= 0.3 is 5.69 Å². The van der Waals surface area contributed by atoms with Crippen LogP contribution >= 0.6 is 0 Å². The summed E-state index contributed by atoms with van der Waals surface area (Å²) < 4.78 is 26.5. The van der Waals surface area contributed by atoms with E-state index < -0.39 is 25.5 Å². The Labute approximate surface area is 122 Å². The lowest BCUT2D eigenvalue weighted by Crippen LogP contribution is -2.45. The lowest BCUT2D eigenvalue weighted by atomic mass is 9.93. The maximum absolute atomic E-state index is 12.7. The quantitative estimate of drug-likeness (QED) is 0.452. The third kappa shape index (κ3) is 2.85. The summed E-state index contributed by atoms with van der Waals surface area (Å²) in [5.41, 5.74) is 4.73. The Hall–Kier alpha value is -1.71. The first kappa shape index (κ1) is 15.7. The summed E-state index contributed by atoms with van der Waals surface area (Å²) in [7, 11) is -4.07. The summed E-state index contributed by atoms with van der Waals surface area (Å²) in [6.45, 7) is -0.426. The molecular weight excluding hydrogens is 298 g/mol. The van der Waals surface area contributed by atoms with E-state index in [1.807, 2.05) is 0 Å². The van der Waals surface area contributed by atoms with Gasteiger partial charge in [-0.2, -0.15) is 4.31 Å². The van der Waals surface area contributed by atoms with Gasteiger partial charge in [0.2, 0.25) is 10.0 Å². The summed E-state index contributed by atoms with van der Waals surface area (Å²) in [6, 6.07) is 3.61. The minimum atomic E-state index is -4.07. The molecule has 0 radical (unpaired) electrons. The number of rotatable bonds is 6. The summed E-state index contributed by atoms with van der Waals surface area (Å²) >= 11 is 0. The summed E-state index contributed by atoms with van der Waals surface area (Å²) in [5, 5.41) is 20.2. The highest BCUT2D eigenvalue weighted by Crippen LogP contribution is 2.35. The highest BCUT2D eigenvalue weighted by Gasteiger charge is 2.38. The lowest BCUT2D eigenvalue weighted by molar-refractivity contribution is -0.386. The fourth-order valence-electron chi connectivity index (χ4n) is 2.34. The molecule has 0 amide bonds. The first-order valence-electron chi connectivity index (χ1n) is 6.55. The van der Waals surface area contributed by atoms with Crippen molar-refractivity contribution in [1.29, 1.82) is 0 Å². The first-order valence-corrected chi connectivity index (χ1v) is 7.99. The first-order chi connectivity index (χ1) is 9.89. The van der Waals surface area contributed by atoms with E-state index >= 15 is 0 Å². The Morgan fingerprint density at radius 1 is 1.43 bits per heavy atom. The fourth-order valence-corrected chi connectivity index (χ4v) is 4.21. The predicted octanol–water partition coefficient (Wildman–Crippen LogP) is 0.712. The zero-order chi connectivity index (χ0) is 15.6. The number of aliphatic hydroxyl groups is 1. The van der Waals surface area contributed by atoms with Crippen LogP contribution in [0.1, 0.15) is 19.3 Å². The molecule has 1 aliphatic rings. The molecule has 0 unspecified atom stereocenters. The number of aliphatic hydroxyl groups excluding tert-OH is 1. The number of nitrogens with two attached hydrogens (primary N) is 1. The molecule has 1 aromatic rings. The van der Waals surface area contributed by atoms with E-state index in [0.717, 1.165) is 10.7 Å². The average Bonchev–Trinajstić information content (AvgIpc) is 2.35. The normalized spacial score (nSPS) is 15.9. The van der Waals surface area contributed by atoms with Crippen molar-refractivity contribution in [2.45, 2.75) is 30.2 Å². The van der Waals surface area contributed by atoms with Crippen molar-refractivity contribution in [1.82, 2.24) is 4.31 Å². The van der Waals surface area contributed by atoms with E-state index in [9.17, 15) is 18.5 Å². The van der Waals surface area contributed by atoms with Crippen molar-refractivity contribution in [3.8, 4) is 0 Å². The van der Waals surface area contributed by atoms with Gasteiger partial charge in [0.1, 0.15) is 5.69 Å². The van der Waals surface area contributed by atoms with Gasteiger partial charge in [0.25, 0.3) is 0 Å². The molecule has 1 fully saturated rings. The molecule has 0 aromatic heterocycles. The van der Waals surface area contributed by atoms with Crippen LogP contribution in [-0.4, -0.2) is 41.9 Å². The third-order valence-electron chi connectivity index (χ3n) is 3.60. The lowest BCUT2D eigenvalue weighted by Gasteiger charge is -2.36. The van der Waals surface area contributed by atoms with Crippen molar-refractivity contribution in [2.75, 3.05) is 18.9 Å². The highest BCUT2D eigenvalue weighted by atomic mass is 32.2. The predicted molar refractivity (Wildman–Crippen MR) is 76.1 cm³/mol. The summed E-state index contributed by atoms with van der Waals surface area (Å²) in [5.74, 6) is 0. The van der Waals surface area contributed by atoms with Crippen molar-refractivity contribution in [3.63, 3.8) is 0 Å². The van der Waals surface area contributed by atoms with Crippen LogP contribution < -0.4 is 5.73 Å². The van der Waals surface area contributed by atoms with Gasteiger partial charge in [0, 0.05) is 12.6 Å². The number of para-hydroxylation sites is 1. The number of hydrogen-bond acceptors (Lipinski definition) is 6. The Kier molecular flexibility index (Phi) is 4.45. The van der Waals surface area contributed by atoms with Crippen molar-refractivity contribution in [3.05, 3.63) is 28.3 Å². The molecule has 9 heteroatoms.